The molecule has 1 N–H and O–H groups in total. The fourth-order valence-corrected chi connectivity index (χ4v) is 3.48. The SMILES string of the molecule is CCN(CCNC)CC1=C(c2ccc(Cl)cc2)CC(C)(C)CC1. The van der Waals surface area contributed by atoms with E-state index in [9.17, 15) is 0 Å². The molecule has 1 aromatic rings. The molecule has 1 aliphatic rings. The number of halogens is 1. The molecule has 0 aliphatic heterocycles. The van der Waals surface area contributed by atoms with Gasteiger partial charge in [0.25, 0.3) is 0 Å². The summed E-state index contributed by atoms with van der Waals surface area (Å²) in [5, 5.41) is 4.07. The van der Waals surface area contributed by atoms with E-state index in [1.165, 1.54) is 18.4 Å². The predicted octanol–water partition coefficient (Wildman–Crippen LogP) is 4.85. The van der Waals surface area contributed by atoms with Crippen molar-refractivity contribution in [2.75, 3.05) is 33.2 Å². The summed E-state index contributed by atoms with van der Waals surface area (Å²) in [7, 11) is 2.02. The van der Waals surface area contributed by atoms with Crippen LogP contribution in [0.15, 0.2) is 29.8 Å². The first kappa shape index (κ1) is 18.5. The summed E-state index contributed by atoms with van der Waals surface area (Å²) in [5.41, 5.74) is 4.90. The van der Waals surface area contributed by atoms with Gasteiger partial charge >= 0.3 is 0 Å². The fourth-order valence-electron chi connectivity index (χ4n) is 3.35. The molecule has 0 saturated carbocycles. The third-order valence-corrected chi connectivity index (χ3v) is 5.17. The van der Waals surface area contributed by atoms with E-state index >= 15 is 0 Å². The lowest BCUT2D eigenvalue weighted by atomic mass is 9.72. The Morgan fingerprint density at radius 2 is 1.91 bits per heavy atom. The van der Waals surface area contributed by atoms with Crippen LogP contribution in [0.25, 0.3) is 5.57 Å². The van der Waals surface area contributed by atoms with Gasteiger partial charge in [0.1, 0.15) is 0 Å². The lowest BCUT2D eigenvalue weighted by Crippen LogP contribution is -2.33. The van der Waals surface area contributed by atoms with Crippen LogP contribution in [0.1, 0.15) is 45.6 Å². The van der Waals surface area contributed by atoms with E-state index in [1.54, 1.807) is 11.1 Å². The van der Waals surface area contributed by atoms with Crippen LogP contribution >= 0.6 is 11.6 Å². The first-order valence-corrected chi connectivity index (χ1v) is 9.17. The first-order valence-electron chi connectivity index (χ1n) is 8.79. The molecule has 1 aliphatic carbocycles. The van der Waals surface area contributed by atoms with Gasteiger partial charge in [-0.25, -0.2) is 0 Å². The van der Waals surface area contributed by atoms with Crippen molar-refractivity contribution in [2.45, 2.75) is 40.0 Å². The Morgan fingerprint density at radius 1 is 1.22 bits per heavy atom. The van der Waals surface area contributed by atoms with Gasteiger partial charge in [-0.1, -0.05) is 50.1 Å². The molecule has 2 rings (SSSR count). The van der Waals surface area contributed by atoms with E-state index in [0.717, 1.165) is 37.6 Å². The molecule has 2 nitrogen and oxygen atoms in total. The predicted molar refractivity (Wildman–Crippen MR) is 102 cm³/mol. The zero-order valence-electron chi connectivity index (χ0n) is 15.1. The van der Waals surface area contributed by atoms with Gasteiger partial charge in [-0.05, 0) is 61.5 Å². The zero-order valence-corrected chi connectivity index (χ0v) is 15.8. The highest BCUT2D eigenvalue weighted by Crippen LogP contribution is 2.43. The van der Waals surface area contributed by atoms with Crippen LogP contribution in [-0.4, -0.2) is 38.1 Å². The molecule has 128 valence electrons. The molecule has 0 spiro atoms. The lowest BCUT2D eigenvalue weighted by Gasteiger charge is -2.35. The van der Waals surface area contributed by atoms with Crippen molar-refractivity contribution in [2.24, 2.45) is 5.41 Å². The second-order valence-electron chi connectivity index (χ2n) is 7.40. The molecule has 23 heavy (non-hydrogen) atoms. The molecule has 0 heterocycles. The second kappa shape index (κ2) is 8.32. The van der Waals surface area contributed by atoms with E-state index in [1.807, 2.05) is 19.2 Å². The summed E-state index contributed by atoms with van der Waals surface area (Å²) < 4.78 is 0. The summed E-state index contributed by atoms with van der Waals surface area (Å²) in [6.07, 6.45) is 3.65. The monoisotopic (exact) mass is 334 g/mol. The third-order valence-electron chi connectivity index (χ3n) is 4.92. The minimum Gasteiger partial charge on any atom is -0.318 e. The summed E-state index contributed by atoms with van der Waals surface area (Å²) in [4.78, 5) is 2.54. The highest BCUT2D eigenvalue weighted by molar-refractivity contribution is 6.30. The van der Waals surface area contributed by atoms with Crippen molar-refractivity contribution in [1.29, 1.82) is 0 Å². The van der Waals surface area contributed by atoms with Crippen LogP contribution in [0.2, 0.25) is 5.02 Å². The molecular formula is C20H31ClN2. The van der Waals surface area contributed by atoms with Gasteiger partial charge in [-0.2, -0.15) is 0 Å². The van der Waals surface area contributed by atoms with Gasteiger partial charge in [-0.3, -0.25) is 4.90 Å². The largest absolute Gasteiger partial charge is 0.318 e. The first-order chi connectivity index (χ1) is 10.9. The Kier molecular flexibility index (Phi) is 6.70. The fraction of sp³-hybridized carbons (Fsp3) is 0.600. The number of rotatable bonds is 7. The summed E-state index contributed by atoms with van der Waals surface area (Å²) in [6, 6.07) is 8.40. The topological polar surface area (TPSA) is 15.3 Å². The molecule has 0 bridgehead atoms. The van der Waals surface area contributed by atoms with Crippen molar-refractivity contribution < 1.29 is 0 Å². The van der Waals surface area contributed by atoms with Gasteiger partial charge in [0.15, 0.2) is 0 Å². The summed E-state index contributed by atoms with van der Waals surface area (Å²) in [5.74, 6) is 0. The van der Waals surface area contributed by atoms with Crippen molar-refractivity contribution in [3.63, 3.8) is 0 Å². The van der Waals surface area contributed by atoms with Gasteiger partial charge in [0, 0.05) is 24.7 Å². The number of hydrogen-bond acceptors (Lipinski definition) is 2. The summed E-state index contributed by atoms with van der Waals surface area (Å²) in [6.45, 7) is 11.4. The molecule has 0 aromatic heterocycles. The maximum absolute atomic E-state index is 6.08. The molecule has 0 atom stereocenters. The smallest absolute Gasteiger partial charge is 0.0406 e. The van der Waals surface area contributed by atoms with Crippen LogP contribution in [-0.2, 0) is 0 Å². The molecular weight excluding hydrogens is 304 g/mol. The van der Waals surface area contributed by atoms with Crippen LogP contribution in [0.4, 0.5) is 0 Å². The number of likely N-dealkylation sites (N-methyl/N-ethyl adjacent to an activating group) is 2. The molecule has 0 unspecified atom stereocenters. The number of benzene rings is 1. The quantitative estimate of drug-likeness (QED) is 0.767. The summed E-state index contributed by atoms with van der Waals surface area (Å²) >= 11 is 6.08. The minimum atomic E-state index is 0.389. The average Bonchev–Trinajstić information content (AvgIpc) is 2.53. The minimum absolute atomic E-state index is 0.389. The maximum Gasteiger partial charge on any atom is 0.0406 e. The van der Waals surface area contributed by atoms with Crippen LogP contribution in [0.5, 0.6) is 0 Å². The van der Waals surface area contributed by atoms with Gasteiger partial charge in [0.05, 0.1) is 0 Å². The lowest BCUT2D eigenvalue weighted by molar-refractivity contribution is 0.289. The maximum atomic E-state index is 6.08. The number of allylic oxidation sites excluding steroid dienone is 1. The van der Waals surface area contributed by atoms with Crippen LogP contribution in [0, 0.1) is 5.41 Å². The molecule has 3 heteroatoms. The van der Waals surface area contributed by atoms with E-state index in [2.05, 4.69) is 43.1 Å². The van der Waals surface area contributed by atoms with Gasteiger partial charge in [0.2, 0.25) is 0 Å². The molecule has 1 aromatic carbocycles. The van der Waals surface area contributed by atoms with E-state index in [4.69, 9.17) is 11.6 Å². The number of nitrogens with zero attached hydrogens (tertiary/aromatic N) is 1. The third kappa shape index (κ3) is 5.34. The second-order valence-corrected chi connectivity index (χ2v) is 7.84. The highest BCUT2D eigenvalue weighted by atomic mass is 35.5. The normalized spacial score (nSPS) is 17.8. The van der Waals surface area contributed by atoms with Crippen molar-refractivity contribution >= 4 is 17.2 Å². The Morgan fingerprint density at radius 3 is 2.52 bits per heavy atom. The molecule has 0 amide bonds. The Bertz CT molecular complexity index is 531. The van der Waals surface area contributed by atoms with Crippen molar-refractivity contribution in [1.82, 2.24) is 10.2 Å². The highest BCUT2D eigenvalue weighted by Gasteiger charge is 2.28. The van der Waals surface area contributed by atoms with Crippen molar-refractivity contribution in [3.05, 3.63) is 40.4 Å². The van der Waals surface area contributed by atoms with E-state index in [-0.39, 0.29) is 0 Å². The molecule has 0 saturated heterocycles. The average molecular weight is 335 g/mol. The van der Waals surface area contributed by atoms with E-state index in [0.29, 0.717) is 5.41 Å². The number of hydrogen-bond donors (Lipinski definition) is 1. The Hall–Kier alpha value is -0.830. The van der Waals surface area contributed by atoms with Gasteiger partial charge < -0.3 is 5.32 Å². The number of nitrogens with one attached hydrogen (secondary N) is 1. The molecule has 0 fully saturated rings. The standard InChI is InChI=1S/C20H31ClN2/c1-5-23(13-12-22-4)15-17-10-11-20(2,3)14-19(17)16-6-8-18(21)9-7-16/h6-9,22H,5,10-15H2,1-4H3. The van der Waals surface area contributed by atoms with E-state index < -0.39 is 0 Å². The zero-order chi connectivity index (χ0) is 16.9. The van der Waals surface area contributed by atoms with Crippen LogP contribution in [0.3, 0.4) is 0 Å². The van der Waals surface area contributed by atoms with Gasteiger partial charge in [-0.15, -0.1) is 0 Å². The molecule has 0 radical (unpaired) electrons. The Balaban J connectivity index is 2.27. The van der Waals surface area contributed by atoms with Crippen LogP contribution < -0.4 is 5.32 Å². The van der Waals surface area contributed by atoms with Crippen molar-refractivity contribution in [3.8, 4) is 0 Å². The Labute approximate surface area is 146 Å².